The number of aliphatic imine (C=N–C) groups is 1. The Morgan fingerprint density at radius 2 is 1.88 bits per heavy atom. The van der Waals surface area contributed by atoms with Gasteiger partial charge in [-0.2, -0.15) is 23.5 Å². The van der Waals surface area contributed by atoms with Gasteiger partial charge in [0.2, 0.25) is 0 Å². The minimum absolute atomic E-state index is 0.0334. The third-order valence-electron chi connectivity index (χ3n) is 6.86. The normalized spacial score (nSPS) is 17.7. The number of alkyl halides is 3. The van der Waals surface area contributed by atoms with Crippen molar-refractivity contribution in [1.82, 2.24) is 14.6 Å². The van der Waals surface area contributed by atoms with E-state index >= 15 is 0 Å². The second kappa shape index (κ2) is 13.1. The minimum atomic E-state index is -4.57. The van der Waals surface area contributed by atoms with Crippen molar-refractivity contribution in [1.29, 1.82) is 5.26 Å². The molecule has 1 aliphatic rings. The molecule has 1 aliphatic heterocycles. The summed E-state index contributed by atoms with van der Waals surface area (Å²) in [6, 6.07) is 9.74. The topological polar surface area (TPSA) is 146 Å². The molecule has 0 aliphatic carbocycles. The summed E-state index contributed by atoms with van der Waals surface area (Å²) >= 11 is 0. The third kappa shape index (κ3) is 7.19. The van der Waals surface area contributed by atoms with Gasteiger partial charge in [-0.15, -0.1) is 0 Å². The molecule has 1 aromatic carbocycles. The van der Waals surface area contributed by atoms with E-state index in [2.05, 4.69) is 43.4 Å². The van der Waals surface area contributed by atoms with Crippen LogP contribution in [0.2, 0.25) is 0 Å². The monoisotopic (exact) mass is 595 g/mol. The van der Waals surface area contributed by atoms with Crippen molar-refractivity contribution in [3.05, 3.63) is 65.1 Å². The SMILES string of the molecule is C=Nn1c(CN2CC(C)OC(C)C2)c(CC#N)c(-c2ccc(NC(=O)Nc3cc(C(F)(F)F)ccn3)cc2)c1C(N)=NC. The Kier molecular flexibility index (Phi) is 9.47. The number of rotatable bonds is 8. The summed E-state index contributed by atoms with van der Waals surface area (Å²) in [5.41, 5.74) is 9.09. The minimum Gasteiger partial charge on any atom is -0.382 e. The first kappa shape index (κ1) is 31.2. The number of hydrogen-bond acceptors (Lipinski definition) is 7. The van der Waals surface area contributed by atoms with Gasteiger partial charge in [0, 0.05) is 50.8 Å². The quantitative estimate of drug-likeness (QED) is 0.255. The highest BCUT2D eigenvalue weighted by atomic mass is 19.4. The molecule has 2 atom stereocenters. The van der Waals surface area contributed by atoms with Crippen molar-refractivity contribution in [2.75, 3.05) is 30.8 Å². The maximum absolute atomic E-state index is 13.0. The number of carbonyl (C=O) groups is 1. The van der Waals surface area contributed by atoms with E-state index < -0.39 is 17.8 Å². The number of morpholine rings is 1. The predicted octanol–water partition coefficient (Wildman–Crippen LogP) is 4.69. The summed E-state index contributed by atoms with van der Waals surface area (Å²) < 4.78 is 46.5. The van der Waals surface area contributed by atoms with Crippen molar-refractivity contribution < 1.29 is 22.7 Å². The number of urea groups is 1. The molecule has 2 aromatic heterocycles. The molecular weight excluding hydrogens is 563 g/mol. The standard InChI is InChI=1S/C29H32F3N9O2/c1-17-14-40(15-18(2)43-17)16-23-22(9-11-33)25(26(27(34)35-3)41(23)36-4)19-5-7-21(8-6-19)38-28(42)39-24-13-20(10-12-37-24)29(30,31)32/h5-8,10,12-13,17-18H,4,9,14-16H2,1-3H3,(H2,34,35)(H2,37,38,39,42). The van der Waals surface area contributed by atoms with Crippen LogP contribution in [0, 0.1) is 11.3 Å². The van der Waals surface area contributed by atoms with Gasteiger partial charge in [-0.3, -0.25) is 15.2 Å². The molecule has 1 fully saturated rings. The Morgan fingerprint density at radius 1 is 1.21 bits per heavy atom. The van der Waals surface area contributed by atoms with Gasteiger partial charge in [0.05, 0.1) is 36.0 Å². The van der Waals surface area contributed by atoms with Crippen LogP contribution in [-0.4, -0.2) is 65.5 Å². The van der Waals surface area contributed by atoms with Crippen molar-refractivity contribution >= 4 is 30.1 Å². The number of halogens is 3. The van der Waals surface area contributed by atoms with E-state index in [1.807, 2.05) is 13.8 Å². The van der Waals surface area contributed by atoms with E-state index in [-0.39, 0.29) is 30.3 Å². The maximum Gasteiger partial charge on any atom is 0.416 e. The van der Waals surface area contributed by atoms with Crippen LogP contribution in [0.25, 0.3) is 11.1 Å². The third-order valence-corrected chi connectivity index (χ3v) is 6.86. The summed E-state index contributed by atoms with van der Waals surface area (Å²) in [5.74, 6) is -0.0503. The number of pyridine rings is 1. The van der Waals surface area contributed by atoms with Crippen molar-refractivity contribution in [3.8, 4) is 17.2 Å². The molecule has 0 bridgehead atoms. The Labute approximate surface area is 246 Å². The molecule has 43 heavy (non-hydrogen) atoms. The Hall–Kier alpha value is -4.74. The number of nitrogens with two attached hydrogens (primary N) is 1. The summed E-state index contributed by atoms with van der Waals surface area (Å²) in [7, 11) is 1.55. The average Bonchev–Trinajstić information content (AvgIpc) is 3.25. The largest absolute Gasteiger partial charge is 0.416 e. The molecule has 0 spiro atoms. The molecule has 2 amide bonds. The van der Waals surface area contributed by atoms with Gasteiger partial charge in [-0.05, 0) is 49.2 Å². The fraction of sp³-hybridized carbons (Fsp3) is 0.345. The lowest BCUT2D eigenvalue weighted by atomic mass is 9.97. The molecule has 0 saturated carbocycles. The number of amides is 2. The number of anilines is 2. The van der Waals surface area contributed by atoms with E-state index in [4.69, 9.17) is 10.5 Å². The van der Waals surface area contributed by atoms with Crippen molar-refractivity contribution in [2.45, 2.75) is 45.2 Å². The Bertz CT molecular complexity index is 1550. The Morgan fingerprint density at radius 3 is 2.47 bits per heavy atom. The van der Waals surface area contributed by atoms with Crippen LogP contribution in [0.5, 0.6) is 0 Å². The summed E-state index contributed by atoms with van der Waals surface area (Å²) in [5, 5.41) is 18.9. The molecule has 4 N–H and O–H groups in total. The number of nitriles is 1. The van der Waals surface area contributed by atoms with Crippen molar-refractivity contribution in [2.24, 2.45) is 15.8 Å². The highest BCUT2D eigenvalue weighted by Crippen LogP contribution is 2.36. The maximum atomic E-state index is 13.0. The van der Waals surface area contributed by atoms with Gasteiger partial charge < -0.3 is 15.8 Å². The molecule has 14 heteroatoms. The number of carbonyl (C=O) groups excluding carboxylic acids is 1. The second-order valence-corrected chi connectivity index (χ2v) is 10.1. The highest BCUT2D eigenvalue weighted by Gasteiger charge is 2.31. The van der Waals surface area contributed by atoms with Gasteiger partial charge in [-0.1, -0.05) is 12.1 Å². The summed E-state index contributed by atoms with van der Waals surface area (Å²) in [4.78, 5) is 22.7. The first-order valence-electron chi connectivity index (χ1n) is 13.4. The van der Waals surface area contributed by atoms with Gasteiger partial charge in [0.25, 0.3) is 0 Å². The zero-order valence-electron chi connectivity index (χ0n) is 23.9. The number of hydrogen-bond donors (Lipinski definition) is 3. The zero-order valence-corrected chi connectivity index (χ0v) is 23.9. The summed E-state index contributed by atoms with van der Waals surface area (Å²) in [6.07, 6.45) is -3.47. The number of ether oxygens (including phenoxy) is 1. The first-order chi connectivity index (χ1) is 20.4. The van der Waals surface area contributed by atoms with Crippen molar-refractivity contribution in [3.63, 3.8) is 0 Å². The highest BCUT2D eigenvalue weighted by molar-refractivity contribution is 6.04. The number of nitrogens with zero attached hydrogens (tertiary/aromatic N) is 6. The number of aromatic nitrogens is 2. The van der Waals surface area contributed by atoms with E-state index in [9.17, 15) is 23.2 Å². The molecule has 4 rings (SSSR count). The summed E-state index contributed by atoms with van der Waals surface area (Å²) in [6.45, 7) is 9.63. The van der Waals surface area contributed by atoms with Crippen LogP contribution >= 0.6 is 0 Å². The van der Waals surface area contributed by atoms with Crippen LogP contribution in [0.1, 0.15) is 36.4 Å². The number of amidine groups is 1. The number of nitrogens with one attached hydrogen (secondary N) is 2. The Balaban J connectivity index is 1.65. The van der Waals surface area contributed by atoms with Gasteiger partial charge in [0.15, 0.2) is 0 Å². The van der Waals surface area contributed by atoms with E-state index in [0.29, 0.717) is 42.1 Å². The predicted molar refractivity (Wildman–Crippen MR) is 158 cm³/mol. The number of benzene rings is 1. The van der Waals surface area contributed by atoms with Crippen LogP contribution < -0.4 is 16.4 Å². The second-order valence-electron chi connectivity index (χ2n) is 10.1. The average molecular weight is 596 g/mol. The van der Waals surface area contributed by atoms with Crippen LogP contribution in [0.15, 0.2) is 52.7 Å². The zero-order chi connectivity index (χ0) is 31.3. The molecule has 0 radical (unpaired) electrons. The van der Waals surface area contributed by atoms with Gasteiger partial charge in [0.1, 0.15) is 17.3 Å². The van der Waals surface area contributed by atoms with E-state index in [0.717, 1.165) is 29.6 Å². The molecule has 2 unspecified atom stereocenters. The molecule has 226 valence electrons. The van der Waals surface area contributed by atoms with E-state index in [1.54, 1.807) is 36.0 Å². The lowest BCUT2D eigenvalue weighted by Gasteiger charge is -2.35. The van der Waals surface area contributed by atoms with Crippen LogP contribution in [0.3, 0.4) is 0 Å². The molecule has 3 aromatic rings. The van der Waals surface area contributed by atoms with Crippen LogP contribution in [0.4, 0.5) is 29.5 Å². The lowest BCUT2D eigenvalue weighted by Crippen LogP contribution is -2.45. The first-order valence-corrected chi connectivity index (χ1v) is 13.4. The smallest absolute Gasteiger partial charge is 0.382 e. The molecule has 1 saturated heterocycles. The molecule has 11 nitrogen and oxygen atoms in total. The molecular formula is C29H32F3N9O2. The fourth-order valence-electron chi connectivity index (χ4n) is 5.20. The van der Waals surface area contributed by atoms with Crippen LogP contribution in [-0.2, 0) is 23.9 Å². The molecule has 3 heterocycles. The van der Waals surface area contributed by atoms with E-state index in [1.165, 1.54) is 0 Å². The fourth-order valence-corrected chi connectivity index (χ4v) is 5.20. The van der Waals surface area contributed by atoms with Gasteiger partial charge in [-0.25, -0.2) is 14.5 Å². The van der Waals surface area contributed by atoms with Gasteiger partial charge >= 0.3 is 12.2 Å². The lowest BCUT2D eigenvalue weighted by molar-refractivity contribution is -0.137.